The third kappa shape index (κ3) is 19.5. The number of rotatable bonds is 17. The summed E-state index contributed by atoms with van der Waals surface area (Å²) in [6.45, 7) is 4.01. The van der Waals surface area contributed by atoms with Gasteiger partial charge in [0.15, 0.2) is 0 Å². The van der Waals surface area contributed by atoms with E-state index in [1.807, 2.05) is 12.3 Å². The molecule has 0 aliphatic carbocycles. The van der Waals surface area contributed by atoms with Gasteiger partial charge in [-0.2, -0.15) is 0 Å². The van der Waals surface area contributed by atoms with Gasteiger partial charge < -0.3 is 11.1 Å². The molecule has 2 nitrogen and oxygen atoms in total. The van der Waals surface area contributed by atoms with Crippen molar-refractivity contribution in [1.82, 2.24) is 5.32 Å². The fourth-order valence-electron chi connectivity index (χ4n) is 2.66. The van der Waals surface area contributed by atoms with E-state index >= 15 is 0 Å². The van der Waals surface area contributed by atoms with Gasteiger partial charge >= 0.3 is 0 Å². The Hall–Kier alpha value is -0.500. The van der Waals surface area contributed by atoms with Gasteiger partial charge in [0.2, 0.25) is 0 Å². The number of unbranched alkanes of at least 4 members (excludes halogenated alkanes) is 13. The van der Waals surface area contributed by atoms with Crippen LogP contribution < -0.4 is 11.1 Å². The van der Waals surface area contributed by atoms with E-state index < -0.39 is 0 Å². The lowest BCUT2D eigenvalue weighted by molar-refractivity contribution is 0.534. The topological polar surface area (TPSA) is 38.0 Å². The Balaban J connectivity index is 2.95. The van der Waals surface area contributed by atoms with Gasteiger partial charge in [-0.05, 0) is 12.6 Å². The molecule has 0 fully saturated rings. The molecular formula is C19H40N2. The largest absolute Gasteiger partial charge is 0.391 e. The Morgan fingerprint density at radius 2 is 1.10 bits per heavy atom. The van der Waals surface area contributed by atoms with Crippen molar-refractivity contribution >= 4 is 0 Å². The molecule has 0 unspecified atom stereocenters. The fourth-order valence-corrected chi connectivity index (χ4v) is 2.66. The van der Waals surface area contributed by atoms with Crippen LogP contribution in [0.3, 0.4) is 0 Å². The molecule has 0 saturated carbocycles. The average Bonchev–Trinajstić information content (AvgIpc) is 2.50. The van der Waals surface area contributed by atoms with E-state index in [1.165, 1.54) is 89.9 Å². The molecule has 0 bridgehead atoms. The molecule has 0 aromatic carbocycles. The van der Waals surface area contributed by atoms with Crippen LogP contribution in [0.2, 0.25) is 0 Å². The summed E-state index contributed by atoms with van der Waals surface area (Å²) < 4.78 is 0. The maximum atomic E-state index is 5.37. The molecule has 3 N–H and O–H groups in total. The minimum Gasteiger partial charge on any atom is -0.391 e. The van der Waals surface area contributed by atoms with E-state index in [4.69, 9.17) is 5.73 Å². The van der Waals surface area contributed by atoms with Crippen LogP contribution >= 0.6 is 0 Å². The Morgan fingerprint density at radius 3 is 1.52 bits per heavy atom. The third-order valence-electron chi connectivity index (χ3n) is 4.05. The van der Waals surface area contributed by atoms with Gasteiger partial charge in [0.1, 0.15) is 0 Å². The summed E-state index contributed by atoms with van der Waals surface area (Å²) in [4.78, 5) is 0. The lowest BCUT2D eigenvalue weighted by Gasteiger charge is -2.03. The Kier molecular flexibility index (Phi) is 19.0. The highest BCUT2D eigenvalue weighted by Crippen LogP contribution is 2.12. The zero-order valence-electron chi connectivity index (χ0n) is 14.5. The minimum atomic E-state index is 0.631. The van der Waals surface area contributed by atoms with Crippen LogP contribution in [0.5, 0.6) is 0 Å². The predicted molar refractivity (Wildman–Crippen MR) is 96.5 cm³/mol. The van der Waals surface area contributed by atoms with Gasteiger partial charge in [-0.3, -0.25) is 0 Å². The molecular weight excluding hydrogens is 256 g/mol. The predicted octanol–water partition coefficient (Wildman–Crippen LogP) is 5.53. The summed E-state index contributed by atoms with van der Waals surface area (Å²) in [5.41, 5.74) is 5.37. The van der Waals surface area contributed by atoms with E-state index in [0.717, 1.165) is 6.54 Å². The normalized spacial score (nSPS) is 11.3. The lowest BCUT2D eigenvalue weighted by Crippen LogP contribution is -2.07. The summed E-state index contributed by atoms with van der Waals surface area (Å²) in [6.07, 6.45) is 23.9. The highest BCUT2D eigenvalue weighted by atomic mass is 14.8. The maximum Gasteiger partial charge on any atom is 0.0141 e. The van der Waals surface area contributed by atoms with Crippen molar-refractivity contribution in [2.24, 2.45) is 5.73 Å². The van der Waals surface area contributed by atoms with Gasteiger partial charge in [0.05, 0.1) is 0 Å². The highest BCUT2D eigenvalue weighted by Gasteiger charge is 1.93. The lowest BCUT2D eigenvalue weighted by atomic mass is 10.0. The van der Waals surface area contributed by atoms with Crippen molar-refractivity contribution in [2.75, 3.05) is 13.1 Å². The summed E-state index contributed by atoms with van der Waals surface area (Å²) >= 11 is 0. The van der Waals surface area contributed by atoms with Crippen molar-refractivity contribution in [1.29, 1.82) is 0 Å². The van der Waals surface area contributed by atoms with Crippen LogP contribution in [0.1, 0.15) is 96.8 Å². The van der Waals surface area contributed by atoms with Crippen LogP contribution in [-0.2, 0) is 0 Å². The molecule has 126 valence electrons. The highest BCUT2D eigenvalue weighted by molar-refractivity contribution is 4.79. The Bertz CT molecular complexity index is 202. The van der Waals surface area contributed by atoms with Gasteiger partial charge in [-0.1, -0.05) is 96.5 Å². The smallest absolute Gasteiger partial charge is 0.0141 e. The summed E-state index contributed by atoms with van der Waals surface area (Å²) in [5, 5.41) is 3.27. The summed E-state index contributed by atoms with van der Waals surface area (Å²) in [6, 6.07) is 0. The molecule has 0 aromatic heterocycles. The number of nitrogens with one attached hydrogen (secondary N) is 1. The van der Waals surface area contributed by atoms with E-state index in [2.05, 4.69) is 12.2 Å². The van der Waals surface area contributed by atoms with Gasteiger partial charge in [0.25, 0.3) is 0 Å². The third-order valence-corrected chi connectivity index (χ3v) is 4.05. The van der Waals surface area contributed by atoms with Gasteiger partial charge in [0, 0.05) is 13.1 Å². The molecule has 0 aromatic rings. The Labute approximate surface area is 134 Å². The second kappa shape index (κ2) is 19.5. The van der Waals surface area contributed by atoms with E-state index in [0.29, 0.717) is 6.54 Å². The summed E-state index contributed by atoms with van der Waals surface area (Å²) in [7, 11) is 0. The first-order valence-electron chi connectivity index (χ1n) is 9.50. The van der Waals surface area contributed by atoms with Crippen LogP contribution in [-0.4, -0.2) is 13.1 Å². The fraction of sp³-hybridized carbons (Fsp3) is 0.895. The van der Waals surface area contributed by atoms with Crippen molar-refractivity contribution in [2.45, 2.75) is 96.8 Å². The van der Waals surface area contributed by atoms with Gasteiger partial charge in [-0.25, -0.2) is 0 Å². The monoisotopic (exact) mass is 296 g/mol. The number of hydrogen-bond acceptors (Lipinski definition) is 2. The Morgan fingerprint density at radius 1 is 0.667 bits per heavy atom. The standard InChI is InChI=1S/C19H40N2/c1-2-3-4-5-6-7-8-9-10-11-12-13-14-15-18-21-19-16-17-20/h16,19,21H,2-15,17-18,20H2,1H3. The first kappa shape index (κ1) is 20.5. The van der Waals surface area contributed by atoms with Crippen molar-refractivity contribution < 1.29 is 0 Å². The maximum absolute atomic E-state index is 5.37. The SMILES string of the molecule is CCCCCCCCCCCCCCCCNC=CCN. The zero-order valence-corrected chi connectivity index (χ0v) is 14.5. The molecule has 0 aliphatic rings. The minimum absolute atomic E-state index is 0.631. The molecule has 0 aliphatic heterocycles. The number of nitrogens with two attached hydrogens (primary N) is 1. The second-order valence-electron chi connectivity index (χ2n) is 6.19. The molecule has 21 heavy (non-hydrogen) atoms. The number of hydrogen-bond donors (Lipinski definition) is 2. The van der Waals surface area contributed by atoms with Crippen molar-refractivity contribution in [3.8, 4) is 0 Å². The zero-order chi connectivity index (χ0) is 15.4. The van der Waals surface area contributed by atoms with E-state index in [1.54, 1.807) is 0 Å². The molecule has 0 radical (unpaired) electrons. The molecule has 0 rings (SSSR count). The molecule has 0 saturated heterocycles. The van der Waals surface area contributed by atoms with Crippen LogP contribution in [0.4, 0.5) is 0 Å². The second-order valence-corrected chi connectivity index (χ2v) is 6.19. The van der Waals surface area contributed by atoms with E-state index in [-0.39, 0.29) is 0 Å². The van der Waals surface area contributed by atoms with Crippen LogP contribution in [0, 0.1) is 0 Å². The molecule has 0 heterocycles. The summed E-state index contributed by atoms with van der Waals surface area (Å²) in [5.74, 6) is 0. The van der Waals surface area contributed by atoms with Crippen molar-refractivity contribution in [3.05, 3.63) is 12.3 Å². The molecule has 0 atom stereocenters. The van der Waals surface area contributed by atoms with E-state index in [9.17, 15) is 0 Å². The first-order valence-corrected chi connectivity index (χ1v) is 9.50. The first-order chi connectivity index (χ1) is 10.4. The molecule has 0 spiro atoms. The van der Waals surface area contributed by atoms with Crippen LogP contribution in [0.25, 0.3) is 0 Å². The van der Waals surface area contributed by atoms with Crippen molar-refractivity contribution in [3.63, 3.8) is 0 Å². The molecule has 0 amide bonds. The van der Waals surface area contributed by atoms with Gasteiger partial charge in [-0.15, -0.1) is 0 Å². The van der Waals surface area contributed by atoms with Crippen LogP contribution in [0.15, 0.2) is 12.3 Å². The average molecular weight is 297 g/mol. The quantitative estimate of drug-likeness (QED) is 0.346. The molecule has 2 heteroatoms.